The lowest BCUT2D eigenvalue weighted by molar-refractivity contribution is 0.479. The molecular formula is C13H17F2NS. The maximum atomic E-state index is 13.9. The monoisotopic (exact) mass is 257 g/mol. The van der Waals surface area contributed by atoms with E-state index < -0.39 is 0 Å². The van der Waals surface area contributed by atoms with Crippen LogP contribution in [0.1, 0.15) is 37.4 Å². The van der Waals surface area contributed by atoms with Crippen LogP contribution in [0.2, 0.25) is 0 Å². The minimum atomic E-state index is -0.290. The Hall–Kier alpha value is -0.610. The molecule has 1 nitrogen and oxygen atoms in total. The van der Waals surface area contributed by atoms with E-state index in [1.807, 2.05) is 0 Å². The van der Waals surface area contributed by atoms with Gasteiger partial charge in [-0.15, -0.1) is 0 Å². The summed E-state index contributed by atoms with van der Waals surface area (Å²) >= 11 is 1.67. The van der Waals surface area contributed by atoms with Crippen LogP contribution in [0.4, 0.5) is 8.78 Å². The maximum Gasteiger partial charge on any atom is 0.128 e. The standard InChI is InChI=1S/C13H17F2NS/c1-3-6-16-13-8(2)17-7-9-10(14)4-5-11(15)12(9)13/h4-5,8,13,16H,3,6-7H2,1-2H3. The number of rotatable bonds is 3. The first-order valence-electron chi connectivity index (χ1n) is 5.97. The number of fused-ring (bicyclic) bond motifs is 1. The van der Waals surface area contributed by atoms with Crippen molar-refractivity contribution < 1.29 is 8.78 Å². The van der Waals surface area contributed by atoms with Crippen molar-refractivity contribution in [3.63, 3.8) is 0 Å². The first kappa shape index (κ1) is 12.8. The summed E-state index contributed by atoms with van der Waals surface area (Å²) in [6.07, 6.45) is 0.986. The van der Waals surface area contributed by atoms with Gasteiger partial charge in [-0.2, -0.15) is 11.8 Å². The van der Waals surface area contributed by atoms with Gasteiger partial charge in [0.2, 0.25) is 0 Å². The number of hydrogen-bond acceptors (Lipinski definition) is 2. The van der Waals surface area contributed by atoms with E-state index in [-0.39, 0.29) is 22.9 Å². The fourth-order valence-electron chi connectivity index (χ4n) is 2.21. The van der Waals surface area contributed by atoms with Crippen LogP contribution < -0.4 is 5.32 Å². The number of thioether (sulfide) groups is 1. The molecule has 2 rings (SSSR count). The Bertz CT molecular complexity index is 409. The van der Waals surface area contributed by atoms with Crippen molar-refractivity contribution in [3.05, 3.63) is 34.9 Å². The average molecular weight is 257 g/mol. The third kappa shape index (κ3) is 2.47. The van der Waals surface area contributed by atoms with Gasteiger partial charge in [0.15, 0.2) is 0 Å². The molecule has 0 saturated heterocycles. The van der Waals surface area contributed by atoms with Gasteiger partial charge in [-0.3, -0.25) is 0 Å². The molecule has 0 amide bonds. The predicted octanol–water partition coefficient (Wildman–Crippen LogP) is 3.64. The van der Waals surface area contributed by atoms with Gasteiger partial charge >= 0.3 is 0 Å². The molecule has 0 fully saturated rings. The highest BCUT2D eigenvalue weighted by Gasteiger charge is 2.31. The van der Waals surface area contributed by atoms with Crippen LogP contribution in [0.5, 0.6) is 0 Å². The van der Waals surface area contributed by atoms with Gasteiger partial charge in [-0.25, -0.2) is 8.78 Å². The zero-order valence-electron chi connectivity index (χ0n) is 10.1. The summed E-state index contributed by atoms with van der Waals surface area (Å²) in [4.78, 5) is 0. The highest BCUT2D eigenvalue weighted by Crippen LogP contribution is 2.39. The lowest BCUT2D eigenvalue weighted by Gasteiger charge is -2.32. The van der Waals surface area contributed by atoms with E-state index in [1.54, 1.807) is 11.8 Å². The minimum Gasteiger partial charge on any atom is -0.309 e. The molecule has 0 aliphatic carbocycles. The fourth-order valence-corrected chi connectivity index (χ4v) is 3.35. The Morgan fingerprint density at radius 2 is 2.06 bits per heavy atom. The van der Waals surface area contributed by atoms with Gasteiger partial charge < -0.3 is 5.32 Å². The van der Waals surface area contributed by atoms with E-state index in [2.05, 4.69) is 19.2 Å². The van der Waals surface area contributed by atoms with Gasteiger partial charge in [0, 0.05) is 28.2 Å². The predicted molar refractivity (Wildman–Crippen MR) is 68.1 cm³/mol. The van der Waals surface area contributed by atoms with E-state index in [4.69, 9.17) is 0 Å². The second-order valence-electron chi connectivity index (χ2n) is 4.37. The van der Waals surface area contributed by atoms with Gasteiger partial charge in [-0.05, 0) is 25.1 Å². The van der Waals surface area contributed by atoms with Crippen LogP contribution in [0.25, 0.3) is 0 Å². The van der Waals surface area contributed by atoms with Crippen molar-refractivity contribution in [2.75, 3.05) is 6.54 Å². The van der Waals surface area contributed by atoms with E-state index in [0.29, 0.717) is 16.9 Å². The summed E-state index contributed by atoms with van der Waals surface area (Å²) in [5, 5.41) is 3.59. The van der Waals surface area contributed by atoms with Crippen molar-refractivity contribution in [3.8, 4) is 0 Å². The molecule has 0 saturated carbocycles. The molecule has 1 N–H and O–H groups in total. The Morgan fingerprint density at radius 3 is 2.76 bits per heavy atom. The summed E-state index contributed by atoms with van der Waals surface area (Å²) in [5.74, 6) is -0.0176. The SMILES string of the molecule is CCCNC1c2c(F)ccc(F)c2CSC1C. The van der Waals surface area contributed by atoms with Crippen LogP contribution in [0, 0.1) is 11.6 Å². The molecule has 1 aliphatic rings. The molecule has 0 aromatic heterocycles. The van der Waals surface area contributed by atoms with Crippen molar-refractivity contribution in [1.82, 2.24) is 5.32 Å². The first-order valence-corrected chi connectivity index (χ1v) is 7.01. The van der Waals surface area contributed by atoms with Gasteiger partial charge in [-0.1, -0.05) is 13.8 Å². The Morgan fingerprint density at radius 1 is 1.35 bits per heavy atom. The van der Waals surface area contributed by atoms with Gasteiger partial charge in [0.25, 0.3) is 0 Å². The summed E-state index contributed by atoms with van der Waals surface area (Å²) in [6.45, 7) is 4.95. The molecule has 1 aromatic carbocycles. The molecule has 1 aliphatic heterocycles. The van der Waals surface area contributed by atoms with Gasteiger partial charge in [0.1, 0.15) is 11.6 Å². The zero-order chi connectivity index (χ0) is 12.4. The highest BCUT2D eigenvalue weighted by atomic mass is 32.2. The smallest absolute Gasteiger partial charge is 0.128 e. The molecule has 0 spiro atoms. The van der Waals surface area contributed by atoms with Crippen LogP contribution in [0.3, 0.4) is 0 Å². The van der Waals surface area contributed by atoms with E-state index in [9.17, 15) is 8.78 Å². The number of benzene rings is 1. The van der Waals surface area contributed by atoms with E-state index in [0.717, 1.165) is 13.0 Å². The zero-order valence-corrected chi connectivity index (χ0v) is 10.9. The van der Waals surface area contributed by atoms with Crippen molar-refractivity contribution in [1.29, 1.82) is 0 Å². The Labute approximate surface area is 105 Å². The quantitative estimate of drug-likeness (QED) is 0.887. The van der Waals surface area contributed by atoms with Crippen LogP contribution in [-0.4, -0.2) is 11.8 Å². The second kappa shape index (κ2) is 5.36. The summed E-state index contributed by atoms with van der Waals surface area (Å²) < 4.78 is 27.6. The fraction of sp³-hybridized carbons (Fsp3) is 0.538. The van der Waals surface area contributed by atoms with E-state index >= 15 is 0 Å². The van der Waals surface area contributed by atoms with Crippen molar-refractivity contribution >= 4 is 11.8 Å². The lowest BCUT2D eigenvalue weighted by atomic mass is 9.97. The molecule has 1 aromatic rings. The van der Waals surface area contributed by atoms with Crippen LogP contribution >= 0.6 is 11.8 Å². The normalized spacial score (nSPS) is 23.5. The molecule has 0 radical (unpaired) electrons. The summed E-state index contributed by atoms with van der Waals surface area (Å²) in [5.41, 5.74) is 1.06. The summed E-state index contributed by atoms with van der Waals surface area (Å²) in [7, 11) is 0. The molecule has 2 atom stereocenters. The van der Waals surface area contributed by atoms with Gasteiger partial charge in [0.05, 0.1) is 0 Å². The lowest BCUT2D eigenvalue weighted by Crippen LogP contribution is -2.33. The first-order chi connectivity index (χ1) is 8.15. The molecule has 94 valence electrons. The van der Waals surface area contributed by atoms with Crippen LogP contribution in [0.15, 0.2) is 12.1 Å². The molecular weight excluding hydrogens is 240 g/mol. The minimum absolute atomic E-state index is 0.0839. The number of nitrogens with one attached hydrogen (secondary N) is 1. The van der Waals surface area contributed by atoms with Crippen molar-refractivity contribution in [2.24, 2.45) is 0 Å². The Kier molecular flexibility index (Phi) is 4.05. The molecule has 1 heterocycles. The largest absolute Gasteiger partial charge is 0.309 e. The molecule has 2 unspecified atom stereocenters. The molecule has 4 heteroatoms. The summed E-state index contributed by atoms with van der Waals surface area (Å²) in [6, 6.07) is 2.37. The third-order valence-corrected chi connectivity index (χ3v) is 4.39. The topological polar surface area (TPSA) is 12.0 Å². The van der Waals surface area contributed by atoms with Crippen LogP contribution in [-0.2, 0) is 5.75 Å². The van der Waals surface area contributed by atoms with E-state index in [1.165, 1.54) is 12.1 Å². The maximum absolute atomic E-state index is 13.9. The second-order valence-corrected chi connectivity index (χ2v) is 5.73. The average Bonchev–Trinajstić information content (AvgIpc) is 2.32. The Balaban J connectivity index is 2.39. The number of hydrogen-bond donors (Lipinski definition) is 1. The third-order valence-electron chi connectivity index (χ3n) is 3.13. The number of halogens is 2. The van der Waals surface area contributed by atoms with Crippen molar-refractivity contribution in [2.45, 2.75) is 37.3 Å². The molecule has 0 bridgehead atoms. The molecule has 17 heavy (non-hydrogen) atoms. The highest BCUT2D eigenvalue weighted by molar-refractivity contribution is 7.99.